The molecule has 76 valence electrons. The molecule has 0 atom stereocenters. The van der Waals surface area contributed by atoms with E-state index < -0.39 is 6.43 Å². The average Bonchev–Trinajstić information content (AvgIpc) is 2.63. The molecule has 2 rings (SSSR count). The van der Waals surface area contributed by atoms with Gasteiger partial charge in [-0.05, 0) is 12.1 Å². The second-order valence-corrected chi connectivity index (χ2v) is 2.92. The van der Waals surface area contributed by atoms with Crippen molar-refractivity contribution in [1.29, 1.82) is 0 Å². The van der Waals surface area contributed by atoms with Crippen LogP contribution in [-0.2, 0) is 6.54 Å². The summed E-state index contributed by atoms with van der Waals surface area (Å²) in [7, 11) is 0. The Morgan fingerprint density at radius 3 is 2.79 bits per heavy atom. The van der Waals surface area contributed by atoms with Gasteiger partial charge in [-0.3, -0.25) is 0 Å². The minimum atomic E-state index is -2.52. The maximum atomic E-state index is 12.4. The van der Waals surface area contributed by atoms with Gasteiger partial charge in [-0.1, -0.05) is 0 Å². The highest BCUT2D eigenvalue weighted by molar-refractivity contribution is 5.51. The first-order chi connectivity index (χ1) is 6.72. The molecule has 0 unspecified atom stereocenters. The van der Waals surface area contributed by atoms with Crippen LogP contribution in [-0.4, -0.2) is 6.79 Å². The highest BCUT2D eigenvalue weighted by atomic mass is 19.3. The second kappa shape index (κ2) is 3.42. The molecule has 0 spiro atoms. The third kappa shape index (κ3) is 1.39. The number of ether oxygens (including phenoxy) is 2. The van der Waals surface area contributed by atoms with Crippen molar-refractivity contribution in [3.63, 3.8) is 0 Å². The first-order valence-corrected chi connectivity index (χ1v) is 4.13. The maximum absolute atomic E-state index is 12.4. The number of hydrogen-bond donors (Lipinski definition) is 1. The number of rotatable bonds is 2. The summed E-state index contributed by atoms with van der Waals surface area (Å²) in [5.74, 6) is 0.833. The summed E-state index contributed by atoms with van der Waals surface area (Å²) >= 11 is 0. The molecule has 1 aliphatic heterocycles. The fraction of sp³-hybridized carbons (Fsp3) is 0.333. The van der Waals surface area contributed by atoms with Gasteiger partial charge in [0.1, 0.15) is 0 Å². The summed E-state index contributed by atoms with van der Waals surface area (Å²) in [6.45, 7) is 0.223. The van der Waals surface area contributed by atoms with E-state index in [1.165, 1.54) is 12.1 Å². The SMILES string of the molecule is NCc1cc(C(F)F)cc2c1OCO2. The zero-order valence-electron chi connectivity index (χ0n) is 7.30. The lowest BCUT2D eigenvalue weighted by Gasteiger charge is -2.06. The van der Waals surface area contributed by atoms with Gasteiger partial charge in [-0.2, -0.15) is 0 Å². The molecule has 5 heteroatoms. The van der Waals surface area contributed by atoms with Crippen LogP contribution in [0.5, 0.6) is 11.5 Å². The Balaban J connectivity index is 2.49. The largest absolute Gasteiger partial charge is 0.454 e. The van der Waals surface area contributed by atoms with Crippen molar-refractivity contribution in [3.8, 4) is 11.5 Å². The molecule has 0 bridgehead atoms. The van der Waals surface area contributed by atoms with Gasteiger partial charge in [-0.15, -0.1) is 0 Å². The summed E-state index contributed by atoms with van der Waals surface area (Å²) in [6.07, 6.45) is -2.52. The highest BCUT2D eigenvalue weighted by Crippen LogP contribution is 2.38. The van der Waals surface area contributed by atoms with Crippen LogP contribution in [0.4, 0.5) is 8.78 Å². The first-order valence-electron chi connectivity index (χ1n) is 4.13. The van der Waals surface area contributed by atoms with E-state index >= 15 is 0 Å². The van der Waals surface area contributed by atoms with Crippen LogP contribution in [0.3, 0.4) is 0 Å². The van der Waals surface area contributed by atoms with E-state index in [9.17, 15) is 8.78 Å². The molecule has 1 heterocycles. The van der Waals surface area contributed by atoms with E-state index in [1.54, 1.807) is 0 Å². The lowest BCUT2D eigenvalue weighted by Crippen LogP contribution is -2.00. The molecular weight excluding hydrogens is 192 g/mol. The number of benzene rings is 1. The Hall–Kier alpha value is -1.36. The van der Waals surface area contributed by atoms with E-state index in [-0.39, 0.29) is 18.9 Å². The minimum absolute atomic E-state index is 0.0645. The fourth-order valence-electron chi connectivity index (χ4n) is 1.38. The molecule has 1 aromatic carbocycles. The second-order valence-electron chi connectivity index (χ2n) is 2.92. The number of hydrogen-bond acceptors (Lipinski definition) is 3. The van der Waals surface area contributed by atoms with Crippen molar-refractivity contribution in [3.05, 3.63) is 23.3 Å². The molecular formula is C9H9F2NO2. The van der Waals surface area contributed by atoms with Crippen LogP contribution in [0.15, 0.2) is 12.1 Å². The number of alkyl halides is 2. The van der Waals surface area contributed by atoms with E-state index in [4.69, 9.17) is 15.2 Å². The number of fused-ring (bicyclic) bond motifs is 1. The quantitative estimate of drug-likeness (QED) is 0.793. The van der Waals surface area contributed by atoms with Gasteiger partial charge in [0.25, 0.3) is 6.43 Å². The molecule has 0 amide bonds. The van der Waals surface area contributed by atoms with Gasteiger partial charge in [0.05, 0.1) is 0 Å². The Morgan fingerprint density at radius 2 is 2.14 bits per heavy atom. The van der Waals surface area contributed by atoms with Crippen LogP contribution in [0, 0.1) is 0 Å². The standard InChI is InChI=1S/C9H9F2NO2/c10-9(11)5-1-6(3-12)8-7(2-5)13-4-14-8/h1-2,9H,3-4,12H2. The third-order valence-electron chi connectivity index (χ3n) is 2.04. The van der Waals surface area contributed by atoms with Gasteiger partial charge in [0.15, 0.2) is 11.5 Å². The molecule has 3 nitrogen and oxygen atoms in total. The van der Waals surface area contributed by atoms with Gasteiger partial charge < -0.3 is 15.2 Å². The van der Waals surface area contributed by atoms with Crippen molar-refractivity contribution in [2.75, 3.05) is 6.79 Å². The van der Waals surface area contributed by atoms with E-state index in [1.807, 2.05) is 0 Å². The summed E-state index contributed by atoms with van der Waals surface area (Å²) in [4.78, 5) is 0. The van der Waals surface area contributed by atoms with Crippen molar-refractivity contribution < 1.29 is 18.3 Å². The molecule has 1 aromatic rings. The predicted octanol–water partition coefficient (Wildman–Crippen LogP) is 1.81. The van der Waals surface area contributed by atoms with Crippen LogP contribution in [0.1, 0.15) is 17.6 Å². The third-order valence-corrected chi connectivity index (χ3v) is 2.04. The van der Waals surface area contributed by atoms with Crippen LogP contribution < -0.4 is 15.2 Å². The molecule has 0 saturated heterocycles. The molecule has 14 heavy (non-hydrogen) atoms. The predicted molar refractivity (Wildman–Crippen MR) is 45.4 cm³/mol. The van der Waals surface area contributed by atoms with Crippen LogP contribution >= 0.6 is 0 Å². The minimum Gasteiger partial charge on any atom is -0.454 e. The summed E-state index contributed by atoms with van der Waals surface area (Å²) < 4.78 is 35.0. The van der Waals surface area contributed by atoms with Gasteiger partial charge in [0, 0.05) is 17.7 Å². The molecule has 2 N–H and O–H groups in total. The Labute approximate surface area is 79.4 Å². The smallest absolute Gasteiger partial charge is 0.263 e. The monoisotopic (exact) mass is 201 g/mol. The van der Waals surface area contributed by atoms with Crippen molar-refractivity contribution in [2.24, 2.45) is 5.73 Å². The maximum Gasteiger partial charge on any atom is 0.263 e. The highest BCUT2D eigenvalue weighted by Gasteiger charge is 2.21. The van der Waals surface area contributed by atoms with Gasteiger partial charge in [0.2, 0.25) is 6.79 Å². The zero-order chi connectivity index (χ0) is 10.1. The van der Waals surface area contributed by atoms with Crippen molar-refractivity contribution >= 4 is 0 Å². The van der Waals surface area contributed by atoms with E-state index in [0.29, 0.717) is 17.1 Å². The summed E-state index contributed by atoms with van der Waals surface area (Å²) in [6, 6.07) is 2.63. The van der Waals surface area contributed by atoms with Crippen LogP contribution in [0.25, 0.3) is 0 Å². The lowest BCUT2D eigenvalue weighted by atomic mass is 10.1. The Morgan fingerprint density at radius 1 is 1.36 bits per heavy atom. The average molecular weight is 201 g/mol. The van der Waals surface area contributed by atoms with Gasteiger partial charge in [-0.25, -0.2) is 8.78 Å². The summed E-state index contributed by atoms with van der Waals surface area (Å²) in [5.41, 5.74) is 5.87. The fourth-order valence-corrected chi connectivity index (χ4v) is 1.38. The number of halogens is 2. The molecule has 0 saturated carbocycles. The summed E-state index contributed by atoms with van der Waals surface area (Å²) in [5, 5.41) is 0. The van der Waals surface area contributed by atoms with Crippen molar-refractivity contribution in [1.82, 2.24) is 0 Å². The Bertz CT molecular complexity index is 355. The zero-order valence-corrected chi connectivity index (χ0v) is 7.30. The van der Waals surface area contributed by atoms with Crippen LogP contribution in [0.2, 0.25) is 0 Å². The van der Waals surface area contributed by atoms with Crippen molar-refractivity contribution in [2.45, 2.75) is 13.0 Å². The molecule has 0 radical (unpaired) electrons. The molecule has 0 fully saturated rings. The van der Waals surface area contributed by atoms with E-state index in [0.717, 1.165) is 0 Å². The molecule has 0 aliphatic carbocycles. The normalized spacial score (nSPS) is 13.7. The van der Waals surface area contributed by atoms with Gasteiger partial charge >= 0.3 is 0 Å². The molecule has 0 aromatic heterocycles. The van der Waals surface area contributed by atoms with E-state index in [2.05, 4.69) is 0 Å². The Kier molecular flexibility index (Phi) is 2.25. The topological polar surface area (TPSA) is 44.5 Å². The lowest BCUT2D eigenvalue weighted by molar-refractivity contribution is 0.150. The first kappa shape index (κ1) is 9.21. The molecule has 1 aliphatic rings. The number of nitrogens with two attached hydrogens (primary N) is 1.